The maximum Gasteiger partial charge on any atom is 0.318 e. The van der Waals surface area contributed by atoms with Crippen molar-refractivity contribution in [3.8, 4) is 11.5 Å². The zero-order chi connectivity index (χ0) is 17.1. The lowest BCUT2D eigenvalue weighted by Crippen LogP contribution is -2.38. The molecule has 0 bridgehead atoms. The number of carbonyl (C=O) groups excluding carboxylic acids is 1. The number of Topliss-reactive ketones (excluding diaryl/α,β-unsaturated/α-hetero) is 1. The van der Waals surface area contributed by atoms with Crippen LogP contribution in [0.15, 0.2) is 18.2 Å². The zero-order valence-corrected chi connectivity index (χ0v) is 12.3. The molecular formula is C16H18O7. The summed E-state index contributed by atoms with van der Waals surface area (Å²) in [5.41, 5.74) is 0.0536. The molecule has 1 aliphatic carbocycles. The van der Waals surface area contributed by atoms with E-state index in [1.807, 2.05) is 0 Å². The van der Waals surface area contributed by atoms with Crippen LogP contribution in [0.2, 0.25) is 0 Å². The zero-order valence-electron chi connectivity index (χ0n) is 12.3. The van der Waals surface area contributed by atoms with Crippen molar-refractivity contribution in [3.63, 3.8) is 0 Å². The summed E-state index contributed by atoms with van der Waals surface area (Å²) in [7, 11) is 0. The number of benzene rings is 1. The van der Waals surface area contributed by atoms with Gasteiger partial charge in [-0.15, -0.1) is 0 Å². The van der Waals surface area contributed by atoms with E-state index in [-0.39, 0.29) is 23.5 Å². The summed E-state index contributed by atoms with van der Waals surface area (Å²) in [6.45, 7) is 0. The van der Waals surface area contributed by atoms with Crippen molar-refractivity contribution in [2.75, 3.05) is 0 Å². The third-order valence-corrected chi connectivity index (χ3v) is 4.30. The van der Waals surface area contributed by atoms with Crippen molar-refractivity contribution in [1.82, 2.24) is 0 Å². The lowest BCUT2D eigenvalue weighted by molar-refractivity contribution is -0.156. The maximum atomic E-state index is 12.2. The highest BCUT2D eigenvalue weighted by molar-refractivity contribution is 5.96. The molecular weight excluding hydrogens is 304 g/mol. The molecule has 1 aromatic rings. The van der Waals surface area contributed by atoms with Gasteiger partial charge in [-0.2, -0.15) is 0 Å². The Kier molecular flexibility index (Phi) is 4.88. The summed E-state index contributed by atoms with van der Waals surface area (Å²) in [6.07, 6.45) is 2.03. The van der Waals surface area contributed by atoms with Crippen LogP contribution in [-0.4, -0.2) is 38.1 Å². The van der Waals surface area contributed by atoms with Crippen molar-refractivity contribution < 1.29 is 34.8 Å². The van der Waals surface area contributed by atoms with E-state index < -0.39 is 35.4 Å². The number of phenolic OH excluding ortho intramolecular Hbond substituents is 2. The summed E-state index contributed by atoms with van der Waals surface area (Å²) in [6, 6.07) is 3.52. The number of hydrogen-bond acceptors (Lipinski definition) is 5. The largest absolute Gasteiger partial charge is 0.508 e. The number of carbonyl (C=O) groups is 3. The van der Waals surface area contributed by atoms with Gasteiger partial charge in [-0.05, 0) is 24.5 Å². The molecule has 2 unspecified atom stereocenters. The van der Waals surface area contributed by atoms with Gasteiger partial charge in [0, 0.05) is 24.3 Å². The van der Waals surface area contributed by atoms with Gasteiger partial charge >= 0.3 is 11.9 Å². The average Bonchev–Trinajstić information content (AvgIpc) is 2.45. The molecule has 1 aliphatic rings. The molecule has 0 aliphatic heterocycles. The lowest BCUT2D eigenvalue weighted by Gasteiger charge is -2.32. The topological polar surface area (TPSA) is 132 Å². The first-order chi connectivity index (χ1) is 10.8. The molecule has 23 heavy (non-hydrogen) atoms. The minimum atomic E-state index is -1.85. The molecule has 4 N–H and O–H groups in total. The number of ketones is 1. The Labute approximate surface area is 132 Å². The Morgan fingerprint density at radius 2 is 1.74 bits per heavy atom. The summed E-state index contributed by atoms with van der Waals surface area (Å²) in [5, 5.41) is 38.0. The highest BCUT2D eigenvalue weighted by atomic mass is 16.4. The normalized spacial score (nSPS) is 19.5. The van der Waals surface area contributed by atoms with Crippen molar-refractivity contribution in [3.05, 3.63) is 23.8 Å². The number of hydrogen-bond donors (Lipinski definition) is 4. The Hall–Kier alpha value is -2.57. The summed E-state index contributed by atoms with van der Waals surface area (Å²) >= 11 is 0. The average molecular weight is 322 g/mol. The van der Waals surface area contributed by atoms with Crippen LogP contribution in [0.4, 0.5) is 0 Å². The fourth-order valence-electron chi connectivity index (χ4n) is 3.25. The van der Waals surface area contributed by atoms with E-state index in [0.29, 0.717) is 19.3 Å². The Bertz CT molecular complexity index is 623. The van der Waals surface area contributed by atoms with Gasteiger partial charge < -0.3 is 20.4 Å². The molecule has 0 saturated heterocycles. The van der Waals surface area contributed by atoms with Gasteiger partial charge in [0.05, 0.1) is 0 Å². The highest BCUT2D eigenvalue weighted by Gasteiger charge is 2.44. The van der Waals surface area contributed by atoms with Gasteiger partial charge in [-0.3, -0.25) is 14.4 Å². The van der Waals surface area contributed by atoms with Crippen LogP contribution in [-0.2, 0) is 14.4 Å². The van der Waals surface area contributed by atoms with Crippen molar-refractivity contribution in [2.45, 2.75) is 31.6 Å². The van der Waals surface area contributed by atoms with Gasteiger partial charge in [0.2, 0.25) is 0 Å². The molecule has 0 spiro atoms. The molecule has 7 heteroatoms. The minimum Gasteiger partial charge on any atom is -0.508 e. The monoisotopic (exact) mass is 322 g/mol. The van der Waals surface area contributed by atoms with E-state index in [4.69, 9.17) is 0 Å². The van der Waals surface area contributed by atoms with Crippen LogP contribution in [0.3, 0.4) is 0 Å². The number of phenols is 2. The second-order valence-corrected chi connectivity index (χ2v) is 5.74. The molecule has 124 valence electrons. The number of rotatable bonds is 5. The van der Waals surface area contributed by atoms with E-state index in [2.05, 4.69) is 0 Å². The van der Waals surface area contributed by atoms with E-state index in [1.165, 1.54) is 12.1 Å². The van der Waals surface area contributed by atoms with E-state index in [0.717, 1.165) is 6.07 Å². The van der Waals surface area contributed by atoms with Crippen molar-refractivity contribution >= 4 is 17.7 Å². The summed E-state index contributed by atoms with van der Waals surface area (Å²) < 4.78 is 0. The number of carboxylic acids is 2. The quantitative estimate of drug-likeness (QED) is 0.607. The molecule has 0 amide bonds. The van der Waals surface area contributed by atoms with E-state index in [1.54, 1.807) is 0 Å². The predicted octanol–water partition coefficient (Wildman–Crippen LogP) is 1.73. The fourth-order valence-corrected chi connectivity index (χ4v) is 3.25. The molecule has 1 saturated carbocycles. The highest BCUT2D eigenvalue weighted by Crippen LogP contribution is 2.43. The summed E-state index contributed by atoms with van der Waals surface area (Å²) in [4.78, 5) is 35.1. The van der Waals surface area contributed by atoms with Crippen LogP contribution in [0.25, 0.3) is 0 Å². The third-order valence-electron chi connectivity index (χ3n) is 4.30. The van der Waals surface area contributed by atoms with E-state index in [9.17, 15) is 34.8 Å². The van der Waals surface area contributed by atoms with Crippen LogP contribution in [0.5, 0.6) is 11.5 Å². The summed E-state index contributed by atoms with van der Waals surface area (Å²) in [5.74, 6) is -7.78. The molecule has 1 fully saturated rings. The van der Waals surface area contributed by atoms with Gasteiger partial charge in [-0.25, -0.2) is 0 Å². The van der Waals surface area contributed by atoms with Gasteiger partial charge in [0.1, 0.15) is 17.3 Å². The van der Waals surface area contributed by atoms with Crippen LogP contribution in [0, 0.1) is 11.8 Å². The second kappa shape index (κ2) is 6.68. The van der Waals surface area contributed by atoms with Gasteiger partial charge in [-0.1, -0.05) is 12.5 Å². The van der Waals surface area contributed by atoms with Gasteiger partial charge in [0.15, 0.2) is 5.92 Å². The molecule has 0 aromatic heterocycles. The SMILES string of the molecule is O=C1CCCCC1C(c1ccc(O)cc1O)C(C(=O)O)C(=O)O. The predicted molar refractivity (Wildman–Crippen MR) is 78.2 cm³/mol. The number of carboxylic acid groups (broad SMARTS) is 2. The minimum absolute atomic E-state index is 0.0536. The molecule has 2 rings (SSSR count). The lowest BCUT2D eigenvalue weighted by atomic mass is 9.70. The third kappa shape index (κ3) is 3.44. The van der Waals surface area contributed by atoms with Crippen LogP contribution in [0.1, 0.15) is 37.2 Å². The first kappa shape index (κ1) is 16.8. The van der Waals surface area contributed by atoms with E-state index >= 15 is 0 Å². The van der Waals surface area contributed by atoms with Crippen LogP contribution >= 0.6 is 0 Å². The first-order valence-electron chi connectivity index (χ1n) is 7.33. The number of aromatic hydroxyl groups is 2. The molecule has 1 aromatic carbocycles. The Morgan fingerprint density at radius 1 is 1.09 bits per heavy atom. The number of aliphatic carboxylic acids is 2. The van der Waals surface area contributed by atoms with Crippen molar-refractivity contribution in [1.29, 1.82) is 0 Å². The Balaban J connectivity index is 2.56. The standard InChI is InChI=1S/C16H18O7/c17-8-5-6-10(12(19)7-8)13(14(15(20)21)16(22)23)9-3-1-2-4-11(9)18/h5-7,9,13-14,17,19H,1-4H2,(H,20,21)(H,22,23). The molecule has 7 nitrogen and oxygen atoms in total. The molecule has 0 heterocycles. The fraction of sp³-hybridized carbons (Fsp3) is 0.438. The van der Waals surface area contributed by atoms with Crippen molar-refractivity contribution in [2.24, 2.45) is 11.8 Å². The Morgan fingerprint density at radius 3 is 2.26 bits per heavy atom. The molecule has 2 atom stereocenters. The second-order valence-electron chi connectivity index (χ2n) is 5.74. The first-order valence-corrected chi connectivity index (χ1v) is 7.33. The van der Waals surface area contributed by atoms with Gasteiger partial charge in [0.25, 0.3) is 0 Å². The molecule has 0 radical (unpaired) electrons. The van der Waals surface area contributed by atoms with Crippen LogP contribution < -0.4 is 0 Å². The smallest absolute Gasteiger partial charge is 0.318 e. The maximum absolute atomic E-state index is 12.2.